The fourth-order valence-corrected chi connectivity index (χ4v) is 3.04. The molecule has 0 saturated carbocycles. The minimum atomic E-state index is -4.52. The monoisotopic (exact) mass is 429 g/mol. The molecule has 0 atom stereocenters. The fraction of sp³-hybridized carbons (Fsp3) is 0.158. The molecule has 0 spiro atoms. The number of aromatic nitrogens is 2. The van der Waals surface area contributed by atoms with Gasteiger partial charge in [0.2, 0.25) is 0 Å². The second kappa shape index (κ2) is 8.32. The van der Waals surface area contributed by atoms with E-state index in [2.05, 4.69) is 15.3 Å². The molecule has 0 aliphatic rings. The van der Waals surface area contributed by atoms with E-state index in [0.29, 0.717) is 30.0 Å². The van der Waals surface area contributed by atoms with Crippen LogP contribution in [-0.2, 0) is 12.6 Å². The van der Waals surface area contributed by atoms with Crippen molar-refractivity contribution in [2.75, 3.05) is 11.9 Å². The van der Waals surface area contributed by atoms with Crippen LogP contribution >= 0.6 is 23.2 Å². The Labute approximate surface area is 168 Å². The van der Waals surface area contributed by atoms with Gasteiger partial charge in [-0.2, -0.15) is 13.2 Å². The average molecular weight is 430 g/mol. The molecule has 9 heteroatoms. The molecule has 3 aromatic rings. The largest absolute Gasteiger partial charge is 0.417 e. The van der Waals surface area contributed by atoms with E-state index < -0.39 is 22.6 Å². The topological polar surface area (TPSA) is 37.8 Å². The summed E-state index contributed by atoms with van der Waals surface area (Å²) in [5, 5.41) is 2.75. The van der Waals surface area contributed by atoms with E-state index in [1.165, 1.54) is 24.5 Å². The molecule has 0 aliphatic carbocycles. The SMILES string of the molecule is Fc1ccc(CCNc2cc(-c3ccc(C(F)(F)F)c(Cl)c3)ncn2)cc1Cl. The quantitative estimate of drug-likeness (QED) is 0.486. The van der Waals surface area contributed by atoms with Crippen molar-refractivity contribution in [3.8, 4) is 11.3 Å². The summed E-state index contributed by atoms with van der Waals surface area (Å²) in [4.78, 5) is 8.17. The van der Waals surface area contributed by atoms with Crippen molar-refractivity contribution in [2.24, 2.45) is 0 Å². The van der Waals surface area contributed by atoms with Gasteiger partial charge in [0, 0.05) is 18.2 Å². The maximum absolute atomic E-state index is 13.2. The molecule has 28 heavy (non-hydrogen) atoms. The third kappa shape index (κ3) is 4.91. The first-order chi connectivity index (χ1) is 13.2. The molecule has 0 unspecified atom stereocenters. The van der Waals surface area contributed by atoms with Crippen LogP contribution in [0.3, 0.4) is 0 Å². The average Bonchev–Trinajstić information content (AvgIpc) is 2.64. The molecule has 3 nitrogen and oxygen atoms in total. The summed E-state index contributed by atoms with van der Waals surface area (Å²) >= 11 is 11.5. The van der Waals surface area contributed by atoms with Crippen LogP contribution in [0.25, 0.3) is 11.3 Å². The Morgan fingerprint density at radius 1 is 0.929 bits per heavy atom. The summed E-state index contributed by atoms with van der Waals surface area (Å²) in [6, 6.07) is 9.54. The normalized spacial score (nSPS) is 11.5. The van der Waals surface area contributed by atoms with Gasteiger partial charge >= 0.3 is 6.18 Å². The van der Waals surface area contributed by atoms with Gasteiger partial charge in [-0.05, 0) is 36.2 Å². The molecule has 0 radical (unpaired) electrons. The Morgan fingerprint density at radius 3 is 2.39 bits per heavy atom. The van der Waals surface area contributed by atoms with Gasteiger partial charge in [0.05, 0.1) is 21.3 Å². The fourth-order valence-electron chi connectivity index (χ4n) is 2.55. The first kappa shape index (κ1) is 20.4. The molecular formula is C19H13Cl2F4N3. The van der Waals surface area contributed by atoms with Crippen LogP contribution in [0.4, 0.5) is 23.4 Å². The van der Waals surface area contributed by atoms with Crippen LogP contribution in [0.1, 0.15) is 11.1 Å². The summed E-state index contributed by atoms with van der Waals surface area (Å²) in [5.41, 5.74) is 0.817. The number of benzene rings is 2. The highest BCUT2D eigenvalue weighted by molar-refractivity contribution is 6.31. The molecule has 146 valence electrons. The van der Waals surface area contributed by atoms with E-state index in [-0.39, 0.29) is 5.02 Å². The molecule has 3 rings (SSSR count). The Bertz CT molecular complexity index is 993. The van der Waals surface area contributed by atoms with Gasteiger partial charge in [0.15, 0.2) is 0 Å². The van der Waals surface area contributed by atoms with Crippen molar-refractivity contribution in [1.29, 1.82) is 0 Å². The second-order valence-electron chi connectivity index (χ2n) is 5.91. The number of alkyl halides is 3. The highest BCUT2D eigenvalue weighted by Gasteiger charge is 2.33. The van der Waals surface area contributed by atoms with Gasteiger partial charge in [-0.15, -0.1) is 0 Å². The van der Waals surface area contributed by atoms with Gasteiger partial charge in [-0.3, -0.25) is 0 Å². The van der Waals surface area contributed by atoms with E-state index in [0.717, 1.165) is 11.6 Å². The standard InChI is InChI=1S/C19H13Cl2F4N3/c20-14-8-12(2-3-13(14)19(23,24)25)17-9-18(28-10-27-17)26-6-5-11-1-4-16(22)15(21)7-11/h1-4,7-10H,5-6H2,(H,26,27,28). The lowest BCUT2D eigenvalue weighted by atomic mass is 10.1. The zero-order chi connectivity index (χ0) is 20.3. The zero-order valence-corrected chi connectivity index (χ0v) is 15.7. The maximum Gasteiger partial charge on any atom is 0.417 e. The lowest BCUT2D eigenvalue weighted by molar-refractivity contribution is -0.137. The Hall–Kier alpha value is -2.38. The molecule has 0 saturated heterocycles. The van der Waals surface area contributed by atoms with Gasteiger partial charge in [-0.1, -0.05) is 35.3 Å². The predicted molar refractivity (Wildman–Crippen MR) is 101 cm³/mol. The van der Waals surface area contributed by atoms with Crippen LogP contribution in [0, 0.1) is 5.82 Å². The van der Waals surface area contributed by atoms with Gasteiger partial charge in [-0.25, -0.2) is 14.4 Å². The van der Waals surface area contributed by atoms with Crippen molar-refractivity contribution in [1.82, 2.24) is 9.97 Å². The van der Waals surface area contributed by atoms with Crippen LogP contribution in [0.5, 0.6) is 0 Å². The third-order valence-corrected chi connectivity index (χ3v) is 4.54. The highest BCUT2D eigenvalue weighted by Crippen LogP contribution is 2.36. The van der Waals surface area contributed by atoms with Crippen molar-refractivity contribution in [2.45, 2.75) is 12.6 Å². The van der Waals surface area contributed by atoms with Crippen LogP contribution in [0.2, 0.25) is 10.0 Å². The lowest BCUT2D eigenvalue weighted by Crippen LogP contribution is -2.07. The Kier molecular flexibility index (Phi) is 6.05. The number of rotatable bonds is 5. The lowest BCUT2D eigenvalue weighted by Gasteiger charge is -2.11. The molecular weight excluding hydrogens is 417 g/mol. The van der Waals surface area contributed by atoms with Crippen molar-refractivity contribution < 1.29 is 17.6 Å². The predicted octanol–water partition coefficient (Wildman–Crippen LogP) is 6.26. The highest BCUT2D eigenvalue weighted by atomic mass is 35.5. The molecule has 0 amide bonds. The first-order valence-electron chi connectivity index (χ1n) is 8.11. The van der Waals surface area contributed by atoms with E-state index in [1.807, 2.05) is 0 Å². The summed E-state index contributed by atoms with van der Waals surface area (Å²) in [7, 11) is 0. The Balaban J connectivity index is 1.70. The summed E-state index contributed by atoms with van der Waals surface area (Å²) in [6.07, 6.45) is -2.64. The van der Waals surface area contributed by atoms with Crippen molar-refractivity contribution in [3.63, 3.8) is 0 Å². The van der Waals surface area contributed by atoms with Crippen molar-refractivity contribution >= 4 is 29.0 Å². The van der Waals surface area contributed by atoms with E-state index in [4.69, 9.17) is 23.2 Å². The second-order valence-corrected chi connectivity index (χ2v) is 6.72. The van der Waals surface area contributed by atoms with Crippen LogP contribution in [-0.4, -0.2) is 16.5 Å². The van der Waals surface area contributed by atoms with E-state index in [1.54, 1.807) is 18.2 Å². The minimum absolute atomic E-state index is 0.0565. The molecule has 2 aromatic carbocycles. The number of nitrogens with zero attached hydrogens (tertiary/aromatic N) is 2. The first-order valence-corrected chi connectivity index (χ1v) is 8.86. The number of anilines is 1. The van der Waals surface area contributed by atoms with Gasteiger partial charge in [0.1, 0.15) is 18.0 Å². The van der Waals surface area contributed by atoms with E-state index in [9.17, 15) is 17.6 Å². The molecule has 0 fully saturated rings. The Morgan fingerprint density at radius 2 is 1.71 bits per heavy atom. The van der Waals surface area contributed by atoms with Gasteiger partial charge < -0.3 is 5.32 Å². The molecule has 0 bridgehead atoms. The summed E-state index contributed by atoms with van der Waals surface area (Å²) in [6.45, 7) is 0.492. The van der Waals surface area contributed by atoms with Crippen LogP contribution in [0.15, 0.2) is 48.8 Å². The zero-order valence-electron chi connectivity index (χ0n) is 14.2. The van der Waals surface area contributed by atoms with Crippen molar-refractivity contribution in [3.05, 3.63) is 75.8 Å². The maximum atomic E-state index is 13.2. The molecule has 0 aliphatic heterocycles. The molecule has 1 heterocycles. The third-order valence-electron chi connectivity index (χ3n) is 3.94. The van der Waals surface area contributed by atoms with Gasteiger partial charge in [0.25, 0.3) is 0 Å². The van der Waals surface area contributed by atoms with Crippen LogP contribution < -0.4 is 5.32 Å². The molecule has 1 N–H and O–H groups in total. The number of hydrogen-bond acceptors (Lipinski definition) is 3. The number of halogens is 6. The molecule has 1 aromatic heterocycles. The number of hydrogen-bond donors (Lipinski definition) is 1. The number of nitrogens with one attached hydrogen (secondary N) is 1. The smallest absolute Gasteiger partial charge is 0.370 e. The summed E-state index contributed by atoms with van der Waals surface area (Å²) in [5.74, 6) is 0.0169. The summed E-state index contributed by atoms with van der Waals surface area (Å²) < 4.78 is 51.6. The van der Waals surface area contributed by atoms with E-state index >= 15 is 0 Å². The minimum Gasteiger partial charge on any atom is -0.370 e.